The minimum Gasteiger partial charge on any atom is -0.481 e. The van der Waals surface area contributed by atoms with E-state index in [-0.39, 0.29) is 51.6 Å². The Morgan fingerprint density at radius 3 is 0.843 bits per heavy atom. The van der Waals surface area contributed by atoms with Gasteiger partial charge >= 0.3 is 23.9 Å². The van der Waals surface area contributed by atoms with Crippen LogP contribution >= 0.6 is 0 Å². The van der Waals surface area contributed by atoms with Gasteiger partial charge in [-0.3, -0.25) is 67.1 Å². The molecular formula is C74H124N14O20. The number of hydrogen-bond acceptors (Lipinski definition) is 18. The number of carbonyl (C=O) groups is 16. The molecule has 0 heterocycles. The molecule has 0 fully saturated rings. The summed E-state index contributed by atoms with van der Waals surface area (Å²) < 4.78 is 0. The molecule has 34 nitrogen and oxygen atoms in total. The average Bonchev–Trinajstić information content (AvgIpc) is 0.853. The molecule has 0 saturated heterocycles. The standard InChI is InChI=1S/C74H124N14O20/c1-15-45(11)61(71(103)81-49(31-27-29-39-75)65(97)83-57(41(3)4)69(101)77-47(13)63(95)85-59(43(7)8)73(105)106)87-67(99)51(35-37-55(91)92)79-53(89)33-25-23-21-19-17-18-20-22-24-26-34-54(90)80-52(36-38-56(93)94)68(100)88-62(46(12)16-2)72(104)82-50(32-28-30-40-76)66(98)84-58(42(5)6)70(102)78-48(14)64(96)86-60(44(9)10)74(107)108/h41-52,57-62H,15-16,21-40,75-76H2,1-14H3,(H,77,101)(H,78,102)(H,79,89)(H,80,90)(H,81,103)(H,82,104)(H,83,97)(H,84,98)(H,85,95)(H,86,96)(H,87,99)(H,88,100)(H,91,92)(H,93,94)(H,105,106)(H,107,108)/t45-,46-,47+,48+,49+,50+,51+,52+,57+,58+,59+,60+,61+,62+/m1/s1. The highest BCUT2D eigenvalue weighted by atomic mass is 16.4. The second-order valence-electron chi connectivity index (χ2n) is 28.6. The number of unbranched alkanes of at least 4 members (excludes halogenated alkanes) is 6. The molecule has 0 rings (SSSR count). The third-order valence-corrected chi connectivity index (χ3v) is 18.0. The smallest absolute Gasteiger partial charge is 0.326 e. The lowest BCUT2D eigenvalue weighted by Gasteiger charge is -2.30. The highest BCUT2D eigenvalue weighted by Gasteiger charge is 2.38. The summed E-state index contributed by atoms with van der Waals surface area (Å²) in [7, 11) is 0. The molecule has 0 aromatic heterocycles. The first-order valence-electron chi connectivity index (χ1n) is 37.6. The molecule has 108 heavy (non-hydrogen) atoms. The number of rotatable bonds is 54. The Balaban J connectivity index is 5.91. The fraction of sp³-hybridized carbons (Fsp3) is 0.730. The van der Waals surface area contributed by atoms with Crippen LogP contribution in [0.2, 0.25) is 0 Å². The fourth-order valence-corrected chi connectivity index (χ4v) is 10.7. The van der Waals surface area contributed by atoms with Crippen LogP contribution in [-0.4, -0.2) is 201 Å². The van der Waals surface area contributed by atoms with Crippen molar-refractivity contribution in [3.8, 4) is 23.7 Å². The van der Waals surface area contributed by atoms with E-state index in [1.807, 2.05) is 0 Å². The molecule has 0 aromatic rings. The van der Waals surface area contributed by atoms with Crippen molar-refractivity contribution in [2.45, 2.75) is 298 Å². The van der Waals surface area contributed by atoms with Gasteiger partial charge in [-0.2, -0.15) is 0 Å². The molecule has 12 amide bonds. The van der Waals surface area contributed by atoms with Crippen molar-refractivity contribution in [1.29, 1.82) is 0 Å². The van der Waals surface area contributed by atoms with E-state index >= 15 is 0 Å². The van der Waals surface area contributed by atoms with Gasteiger partial charge in [0.25, 0.3) is 0 Å². The number of carboxylic acids is 4. The summed E-state index contributed by atoms with van der Waals surface area (Å²) in [6.45, 7) is 23.1. The Morgan fingerprint density at radius 2 is 0.574 bits per heavy atom. The molecule has 0 bridgehead atoms. The highest BCUT2D eigenvalue weighted by Crippen LogP contribution is 2.17. The molecule has 610 valence electrons. The van der Waals surface area contributed by atoms with Crippen molar-refractivity contribution in [3.05, 3.63) is 0 Å². The van der Waals surface area contributed by atoms with Crippen LogP contribution in [0.1, 0.15) is 225 Å². The largest absolute Gasteiger partial charge is 0.481 e. The summed E-state index contributed by atoms with van der Waals surface area (Å²) in [5.41, 5.74) is 11.5. The molecule has 0 saturated carbocycles. The van der Waals surface area contributed by atoms with Crippen molar-refractivity contribution < 1.29 is 97.1 Å². The number of hydrogen-bond donors (Lipinski definition) is 18. The summed E-state index contributed by atoms with van der Waals surface area (Å²) in [4.78, 5) is 210. The van der Waals surface area contributed by atoms with E-state index in [1.54, 1.807) is 83.1 Å². The summed E-state index contributed by atoms with van der Waals surface area (Å²) in [6, 6.07) is -15.1. The first kappa shape index (κ1) is 98.6. The Hall–Kier alpha value is -9.44. The lowest BCUT2D eigenvalue weighted by atomic mass is 9.96. The van der Waals surface area contributed by atoms with Gasteiger partial charge in [0.05, 0.1) is 0 Å². The van der Waals surface area contributed by atoms with Crippen LogP contribution in [0.5, 0.6) is 0 Å². The van der Waals surface area contributed by atoms with Crippen LogP contribution in [0.4, 0.5) is 0 Å². The van der Waals surface area contributed by atoms with Crippen LogP contribution < -0.4 is 75.3 Å². The van der Waals surface area contributed by atoms with E-state index in [2.05, 4.69) is 87.5 Å². The number of nitrogens with two attached hydrogens (primary N) is 2. The SMILES string of the molecule is CC[C@@H](C)[C@H](NC(=O)[C@H](CCC(=O)O)NC(=O)CCCCC#CC#CCCCCC(=O)N[C@@H](CCC(=O)O)C(=O)N[C@H](C(=O)N[C@@H](CCCCN)C(=O)N[C@H](C(=O)N[C@@H](C)C(=O)N[C@H](C(=O)O)C(C)C)C(C)C)[C@H](C)CC)C(=O)N[C@@H](CCCCN)C(=O)N[C@H](C(=O)N[C@@H](C)C(=O)N[C@H](C(=O)O)C(C)C)C(C)C. The first-order chi connectivity index (χ1) is 50.7. The molecule has 0 aliphatic heterocycles. The topological polar surface area (TPSA) is 550 Å². The van der Waals surface area contributed by atoms with E-state index in [0.29, 0.717) is 77.0 Å². The molecule has 0 aliphatic rings. The lowest BCUT2D eigenvalue weighted by Crippen LogP contribution is -2.61. The van der Waals surface area contributed by atoms with Crippen molar-refractivity contribution in [2.75, 3.05) is 13.1 Å². The van der Waals surface area contributed by atoms with Crippen LogP contribution in [0.25, 0.3) is 0 Å². The van der Waals surface area contributed by atoms with Gasteiger partial charge in [-0.1, -0.05) is 108 Å². The number of amides is 12. The normalized spacial score (nSPS) is 15.0. The maximum atomic E-state index is 14.1. The van der Waals surface area contributed by atoms with Gasteiger partial charge in [0.2, 0.25) is 70.9 Å². The van der Waals surface area contributed by atoms with Gasteiger partial charge in [-0.05, 0) is 151 Å². The molecule has 0 unspecified atom stereocenters. The van der Waals surface area contributed by atoms with E-state index in [1.165, 1.54) is 13.8 Å². The Morgan fingerprint density at radius 1 is 0.296 bits per heavy atom. The summed E-state index contributed by atoms with van der Waals surface area (Å²) >= 11 is 0. The van der Waals surface area contributed by atoms with Gasteiger partial charge < -0.3 is 95.7 Å². The third kappa shape index (κ3) is 39.4. The van der Waals surface area contributed by atoms with Crippen molar-refractivity contribution >= 4 is 94.8 Å². The molecule has 0 spiro atoms. The lowest BCUT2D eigenvalue weighted by molar-refractivity contribution is -0.144. The minimum atomic E-state index is -1.38. The zero-order valence-electron chi connectivity index (χ0n) is 65.4. The van der Waals surface area contributed by atoms with E-state index in [0.717, 1.165) is 0 Å². The predicted octanol–water partition coefficient (Wildman–Crippen LogP) is 0.844. The Labute approximate surface area is 634 Å². The predicted molar refractivity (Wildman–Crippen MR) is 400 cm³/mol. The van der Waals surface area contributed by atoms with E-state index in [4.69, 9.17) is 11.5 Å². The van der Waals surface area contributed by atoms with Gasteiger partial charge in [0.15, 0.2) is 0 Å². The zero-order valence-corrected chi connectivity index (χ0v) is 65.4. The first-order valence-corrected chi connectivity index (χ1v) is 37.6. The van der Waals surface area contributed by atoms with Crippen LogP contribution in [-0.2, 0) is 76.7 Å². The van der Waals surface area contributed by atoms with Gasteiger partial charge in [0.1, 0.15) is 72.5 Å². The summed E-state index contributed by atoms with van der Waals surface area (Å²) in [6.07, 6.45) is 2.80. The highest BCUT2D eigenvalue weighted by molar-refractivity contribution is 5.99. The summed E-state index contributed by atoms with van der Waals surface area (Å²) in [5.74, 6) is -5.88. The molecule has 0 aromatic carbocycles. The van der Waals surface area contributed by atoms with E-state index in [9.17, 15) is 97.1 Å². The molecule has 14 atom stereocenters. The Bertz CT molecular complexity index is 2920. The molecule has 34 heteroatoms. The average molecular weight is 1530 g/mol. The van der Waals surface area contributed by atoms with Crippen molar-refractivity contribution in [1.82, 2.24) is 63.8 Å². The maximum absolute atomic E-state index is 14.1. The molecular weight excluding hydrogens is 1400 g/mol. The van der Waals surface area contributed by atoms with Gasteiger partial charge in [-0.15, -0.1) is 0 Å². The number of carbonyl (C=O) groups excluding carboxylic acids is 12. The van der Waals surface area contributed by atoms with Gasteiger partial charge in [0, 0.05) is 38.5 Å². The van der Waals surface area contributed by atoms with Crippen LogP contribution in [0.15, 0.2) is 0 Å². The Kier molecular flexibility index (Phi) is 48.7. The van der Waals surface area contributed by atoms with Crippen LogP contribution in [0, 0.1) is 59.2 Å². The molecule has 20 N–H and O–H groups in total. The fourth-order valence-electron chi connectivity index (χ4n) is 10.7. The second kappa shape index (κ2) is 53.4. The second-order valence-corrected chi connectivity index (χ2v) is 28.6. The third-order valence-electron chi connectivity index (χ3n) is 18.0. The maximum Gasteiger partial charge on any atom is 0.326 e. The molecule has 0 aliphatic carbocycles. The number of aliphatic carboxylic acids is 4. The van der Waals surface area contributed by atoms with Gasteiger partial charge in [-0.25, -0.2) is 9.59 Å². The van der Waals surface area contributed by atoms with Crippen LogP contribution in [0.3, 0.4) is 0 Å². The zero-order chi connectivity index (χ0) is 82.5. The quantitative estimate of drug-likeness (QED) is 0.0296. The van der Waals surface area contributed by atoms with Crippen molar-refractivity contribution in [3.63, 3.8) is 0 Å². The monoisotopic (exact) mass is 1530 g/mol. The van der Waals surface area contributed by atoms with E-state index < -0.39 is 216 Å². The molecule has 0 radical (unpaired) electrons. The van der Waals surface area contributed by atoms with Crippen molar-refractivity contribution in [2.24, 2.45) is 47.0 Å². The number of carboxylic acid groups (broad SMARTS) is 4. The minimum absolute atomic E-state index is 0.0633. The number of nitrogens with one attached hydrogen (secondary N) is 12. The summed E-state index contributed by atoms with van der Waals surface area (Å²) in [5, 5.41) is 69.1.